The first-order valence-electron chi connectivity index (χ1n) is 1.10. The van der Waals surface area contributed by atoms with Gasteiger partial charge in [-0.1, -0.05) is 0 Å². The van der Waals surface area contributed by atoms with Crippen LogP contribution in [0.25, 0.3) is 0 Å². The molecule has 0 bridgehead atoms. The molecule has 14 heavy (non-hydrogen) atoms. The maximum absolute atomic E-state index is 8.25. The van der Waals surface area contributed by atoms with Gasteiger partial charge < -0.3 is 61.4 Å². The third-order valence-electron chi connectivity index (χ3n) is 0. The zero-order valence-corrected chi connectivity index (χ0v) is 8.25. The Morgan fingerprint density at radius 1 is 0.571 bits per heavy atom. The van der Waals surface area contributed by atoms with E-state index in [0.29, 0.717) is 0 Å². The first-order valence-corrected chi connectivity index (χ1v) is 1.10. The molecular weight excluding hydrogens is 253 g/mol. The molecule has 0 atom stereocenters. The average molecular weight is 268 g/mol. The monoisotopic (exact) mass is 268 g/mol. The van der Waals surface area contributed by atoms with E-state index in [0.717, 1.165) is 0 Å². The zero-order valence-electron chi connectivity index (χ0n) is 7.21. The average Bonchev–Trinajstić information content (AvgIpc) is 1.25. The van der Waals surface area contributed by atoms with Gasteiger partial charge in [0.15, 0.2) is 0 Å². The molecular formula is H15CoN7O6. The summed E-state index contributed by atoms with van der Waals surface area (Å²) < 4.78 is 0. The number of rotatable bonds is 0. The Morgan fingerprint density at radius 2 is 0.571 bits per heavy atom. The van der Waals surface area contributed by atoms with Crippen LogP contribution >= 0.6 is 0 Å². The summed E-state index contributed by atoms with van der Waals surface area (Å²) in [6.07, 6.45) is 0. The third-order valence-corrected chi connectivity index (χ3v) is 0. The van der Waals surface area contributed by atoms with Gasteiger partial charge in [0.25, 0.3) is 0 Å². The molecule has 0 fully saturated rings. The molecule has 95 valence electrons. The summed E-state index contributed by atoms with van der Waals surface area (Å²) >= 11 is 0. The Hall–Kier alpha value is -1.29. The normalized spacial score (nSPS) is 3.43. The van der Waals surface area contributed by atoms with Gasteiger partial charge in [0, 0.05) is 0 Å². The molecule has 0 aliphatic rings. The fourth-order valence-electron chi connectivity index (χ4n) is 0. The molecule has 0 saturated carbocycles. The molecule has 0 aliphatic carbocycles. The molecule has 13 nitrogen and oxygen atoms in total. The van der Waals surface area contributed by atoms with Gasteiger partial charge in [0.1, 0.15) is 0 Å². The van der Waals surface area contributed by atoms with Crippen molar-refractivity contribution in [3.63, 3.8) is 0 Å². The van der Waals surface area contributed by atoms with Crippen molar-refractivity contribution in [1.29, 1.82) is 0 Å². The summed E-state index contributed by atoms with van der Waals surface area (Å²) in [6.45, 7) is 0. The van der Waals surface area contributed by atoms with Gasteiger partial charge >= 0.3 is 16.8 Å². The molecule has 0 rings (SSSR count). The van der Waals surface area contributed by atoms with Gasteiger partial charge in [-0.3, -0.25) is 0 Å². The van der Waals surface area contributed by atoms with Gasteiger partial charge in [-0.05, 0) is 0 Å². The number of hydrogen-bond acceptors (Lipinski definition) is 11. The van der Waals surface area contributed by atoms with Crippen molar-refractivity contribution in [3.8, 4) is 0 Å². The largest absolute Gasteiger partial charge is 2.00 e. The summed E-state index contributed by atoms with van der Waals surface area (Å²) in [7, 11) is 0. The van der Waals surface area contributed by atoms with Crippen LogP contribution in [0.2, 0.25) is 0 Å². The van der Waals surface area contributed by atoms with E-state index in [4.69, 9.17) is 30.6 Å². The predicted octanol–water partition coefficient (Wildman–Crippen LogP) is 0.329. The van der Waals surface area contributed by atoms with Crippen molar-refractivity contribution in [2.45, 2.75) is 0 Å². The van der Waals surface area contributed by atoms with Crippen LogP contribution < -0.4 is 30.8 Å². The fraction of sp³-hybridized carbons (Fsp3) is 0. The summed E-state index contributed by atoms with van der Waals surface area (Å²) in [5.41, 5.74) is 0. The van der Waals surface area contributed by atoms with Gasteiger partial charge in [-0.25, -0.2) is 0 Å². The second-order valence-electron chi connectivity index (χ2n) is 0.447. The van der Waals surface area contributed by atoms with E-state index >= 15 is 0 Å². The molecule has 0 spiro atoms. The standard InChI is InChI=1S/Co.2NO3.5H3N/c;2*2-1(3)4;;;;;/h;;;5*1H3/q+2;2*-1;;;;;. The first kappa shape index (κ1) is 78.6. The summed E-state index contributed by atoms with van der Waals surface area (Å²) in [6, 6.07) is 0. The SMILES string of the molecule is N.N.N.N.N.O=[N+]([O-])[O-].O=[N+]([O-])[O-].[Co+2]. The minimum Gasteiger partial charge on any atom is -0.356 e. The number of nitrogens with zero attached hydrogens (tertiary/aromatic N) is 2. The minimum atomic E-state index is -1.75. The maximum atomic E-state index is 8.25. The van der Waals surface area contributed by atoms with Gasteiger partial charge in [-0.2, -0.15) is 0 Å². The quantitative estimate of drug-likeness (QED) is 0.294. The van der Waals surface area contributed by atoms with Crippen LogP contribution in [0.15, 0.2) is 0 Å². The van der Waals surface area contributed by atoms with Crippen molar-refractivity contribution >= 4 is 0 Å². The van der Waals surface area contributed by atoms with Gasteiger partial charge in [0.2, 0.25) is 0 Å². The Morgan fingerprint density at radius 3 is 0.571 bits per heavy atom. The first-order chi connectivity index (χ1) is 3.46. The van der Waals surface area contributed by atoms with E-state index in [2.05, 4.69) is 0 Å². The van der Waals surface area contributed by atoms with E-state index in [9.17, 15) is 0 Å². The van der Waals surface area contributed by atoms with E-state index in [1.807, 2.05) is 0 Å². The molecule has 1 radical (unpaired) electrons. The third kappa shape index (κ3) is 603. The molecule has 0 aromatic rings. The van der Waals surface area contributed by atoms with Crippen LogP contribution in [0.1, 0.15) is 0 Å². The van der Waals surface area contributed by atoms with Crippen molar-refractivity contribution in [2.75, 3.05) is 0 Å². The van der Waals surface area contributed by atoms with E-state index in [1.165, 1.54) is 0 Å². The molecule has 15 N–H and O–H groups in total. The van der Waals surface area contributed by atoms with Crippen LogP contribution in [0.5, 0.6) is 0 Å². The summed E-state index contributed by atoms with van der Waals surface area (Å²) in [5, 5.41) is 29.5. The van der Waals surface area contributed by atoms with Crippen LogP contribution in [-0.2, 0) is 16.8 Å². The van der Waals surface area contributed by atoms with E-state index in [-0.39, 0.29) is 47.5 Å². The van der Waals surface area contributed by atoms with Crippen LogP contribution in [0.3, 0.4) is 0 Å². The summed E-state index contributed by atoms with van der Waals surface area (Å²) in [4.78, 5) is 16.5. The van der Waals surface area contributed by atoms with Crippen molar-refractivity contribution in [1.82, 2.24) is 30.8 Å². The molecule has 0 heterocycles. The van der Waals surface area contributed by atoms with Crippen LogP contribution in [0.4, 0.5) is 0 Å². The van der Waals surface area contributed by atoms with E-state index < -0.39 is 10.2 Å². The van der Waals surface area contributed by atoms with Gasteiger partial charge in [0.05, 0.1) is 10.2 Å². The van der Waals surface area contributed by atoms with Gasteiger partial charge in [-0.15, -0.1) is 0 Å². The molecule has 0 aromatic heterocycles. The molecule has 0 aliphatic heterocycles. The fourth-order valence-corrected chi connectivity index (χ4v) is 0. The molecule has 14 heteroatoms. The van der Waals surface area contributed by atoms with Crippen molar-refractivity contribution in [2.24, 2.45) is 0 Å². The smallest absolute Gasteiger partial charge is 0.356 e. The molecule has 0 unspecified atom stereocenters. The van der Waals surface area contributed by atoms with Crippen LogP contribution in [0, 0.1) is 30.6 Å². The van der Waals surface area contributed by atoms with Crippen molar-refractivity contribution < 1.29 is 27.0 Å². The topological polar surface area (TPSA) is 307 Å². The summed E-state index contributed by atoms with van der Waals surface area (Å²) in [5.74, 6) is 0. The maximum Gasteiger partial charge on any atom is 2.00 e. The Bertz CT molecular complexity index is 76.2. The Labute approximate surface area is 89.2 Å². The van der Waals surface area contributed by atoms with Crippen LogP contribution in [-0.4, -0.2) is 10.2 Å². The molecule has 0 amide bonds. The van der Waals surface area contributed by atoms with E-state index in [1.54, 1.807) is 0 Å². The Balaban J connectivity index is -0.00000000600. The van der Waals surface area contributed by atoms with Crippen molar-refractivity contribution in [3.05, 3.63) is 30.6 Å². The zero-order chi connectivity index (χ0) is 7.15. The second-order valence-corrected chi connectivity index (χ2v) is 0.447. The molecule has 0 saturated heterocycles. The second kappa shape index (κ2) is 60.6. The Kier molecular flexibility index (Phi) is 340. The molecule has 0 aromatic carbocycles. The minimum absolute atomic E-state index is 0. The predicted molar refractivity (Wildman–Crippen MR) is 45.8 cm³/mol. The number of hydrogen-bond donors (Lipinski definition) is 5.